The molecule has 3 N–H and O–H groups in total. The fourth-order valence-electron chi connectivity index (χ4n) is 1.44. The Balaban J connectivity index is 2.81. The van der Waals surface area contributed by atoms with Crippen molar-refractivity contribution in [2.75, 3.05) is 5.32 Å². The second-order valence-corrected chi connectivity index (χ2v) is 6.58. The standard InChI is InChI=1S/C14H18Cl2N2O3/c1-13(2,11(19)20)14(3,4)18-12(21)17-8-5-6-9(15)10(16)7-8/h5-7H,1-4H3,(H,19,20)(H2,17,18,21). The summed E-state index contributed by atoms with van der Waals surface area (Å²) in [6.07, 6.45) is 0. The third kappa shape index (κ3) is 4.02. The average Bonchev–Trinajstić information content (AvgIpc) is 2.32. The number of halogens is 2. The molecule has 0 bridgehead atoms. The first-order chi connectivity index (χ1) is 9.47. The summed E-state index contributed by atoms with van der Waals surface area (Å²) in [6, 6.07) is 4.15. The van der Waals surface area contributed by atoms with Crippen LogP contribution < -0.4 is 10.6 Å². The predicted octanol–water partition coefficient (Wildman–Crippen LogP) is 4.00. The number of amides is 2. The summed E-state index contributed by atoms with van der Waals surface area (Å²) >= 11 is 11.7. The highest BCUT2D eigenvalue weighted by molar-refractivity contribution is 6.42. The minimum absolute atomic E-state index is 0.319. The van der Waals surface area contributed by atoms with E-state index in [0.29, 0.717) is 15.7 Å². The van der Waals surface area contributed by atoms with Crippen molar-refractivity contribution in [1.82, 2.24) is 5.32 Å². The number of carboxylic acids is 1. The van der Waals surface area contributed by atoms with Crippen molar-refractivity contribution in [1.29, 1.82) is 0 Å². The van der Waals surface area contributed by atoms with Gasteiger partial charge in [0.1, 0.15) is 0 Å². The third-order valence-electron chi connectivity index (χ3n) is 3.70. The van der Waals surface area contributed by atoms with E-state index in [1.165, 1.54) is 6.07 Å². The number of hydrogen-bond donors (Lipinski definition) is 3. The summed E-state index contributed by atoms with van der Waals surface area (Å²) < 4.78 is 0. The van der Waals surface area contributed by atoms with Gasteiger partial charge in [-0.15, -0.1) is 0 Å². The van der Waals surface area contributed by atoms with Gasteiger partial charge in [-0.05, 0) is 45.9 Å². The van der Waals surface area contributed by atoms with Gasteiger partial charge in [0.05, 0.1) is 21.0 Å². The predicted molar refractivity (Wildman–Crippen MR) is 84.1 cm³/mol. The SMILES string of the molecule is CC(C)(NC(=O)Nc1ccc(Cl)c(Cl)c1)C(C)(C)C(=O)O. The molecule has 1 aromatic carbocycles. The molecule has 0 fully saturated rings. The Morgan fingerprint density at radius 3 is 2.14 bits per heavy atom. The van der Waals surface area contributed by atoms with Gasteiger partial charge in [0.25, 0.3) is 0 Å². The highest BCUT2D eigenvalue weighted by Crippen LogP contribution is 2.31. The molecule has 1 rings (SSSR count). The number of carbonyl (C=O) groups is 2. The molecular weight excluding hydrogens is 315 g/mol. The zero-order valence-corrected chi connectivity index (χ0v) is 13.8. The first-order valence-corrected chi connectivity index (χ1v) is 7.00. The molecule has 0 radical (unpaired) electrons. The number of carboxylic acid groups (broad SMARTS) is 1. The fourth-order valence-corrected chi connectivity index (χ4v) is 1.74. The van der Waals surface area contributed by atoms with E-state index in [1.807, 2.05) is 0 Å². The van der Waals surface area contributed by atoms with Crippen molar-refractivity contribution < 1.29 is 14.7 Å². The van der Waals surface area contributed by atoms with Gasteiger partial charge in [-0.25, -0.2) is 4.79 Å². The first-order valence-electron chi connectivity index (χ1n) is 6.25. The quantitative estimate of drug-likeness (QED) is 0.779. The van der Waals surface area contributed by atoms with Crippen molar-refractivity contribution in [3.05, 3.63) is 28.2 Å². The van der Waals surface area contributed by atoms with Gasteiger partial charge in [-0.3, -0.25) is 4.79 Å². The molecule has 1 aromatic rings. The number of nitrogens with one attached hydrogen (secondary N) is 2. The van der Waals surface area contributed by atoms with E-state index in [1.54, 1.807) is 39.8 Å². The Labute approximate surface area is 133 Å². The fraction of sp³-hybridized carbons (Fsp3) is 0.429. The van der Waals surface area contributed by atoms with Crippen molar-refractivity contribution in [2.45, 2.75) is 33.2 Å². The number of benzene rings is 1. The zero-order valence-electron chi connectivity index (χ0n) is 12.3. The van der Waals surface area contributed by atoms with Crippen LogP contribution in [0.4, 0.5) is 10.5 Å². The topological polar surface area (TPSA) is 78.4 Å². The van der Waals surface area contributed by atoms with Crippen LogP contribution in [0.1, 0.15) is 27.7 Å². The van der Waals surface area contributed by atoms with Crippen LogP contribution in [-0.2, 0) is 4.79 Å². The van der Waals surface area contributed by atoms with Gasteiger partial charge in [-0.1, -0.05) is 23.2 Å². The van der Waals surface area contributed by atoms with Crippen LogP contribution in [0.5, 0.6) is 0 Å². The Morgan fingerprint density at radius 1 is 1.10 bits per heavy atom. The molecule has 0 aromatic heterocycles. The normalized spacial score (nSPS) is 11.9. The number of anilines is 1. The number of rotatable bonds is 4. The van der Waals surface area contributed by atoms with Crippen molar-refractivity contribution in [3.8, 4) is 0 Å². The lowest BCUT2D eigenvalue weighted by Gasteiger charge is -2.38. The van der Waals surface area contributed by atoms with Gasteiger partial charge >= 0.3 is 12.0 Å². The molecule has 0 atom stereocenters. The average molecular weight is 333 g/mol. The molecule has 116 valence electrons. The molecule has 0 aliphatic carbocycles. The summed E-state index contributed by atoms with van der Waals surface area (Å²) in [6.45, 7) is 6.40. The maximum atomic E-state index is 12.0. The second kappa shape index (κ2) is 6.12. The molecule has 0 spiro atoms. The molecule has 21 heavy (non-hydrogen) atoms. The van der Waals surface area contributed by atoms with Crippen LogP contribution >= 0.6 is 23.2 Å². The third-order valence-corrected chi connectivity index (χ3v) is 4.44. The molecule has 0 aliphatic heterocycles. The molecule has 0 heterocycles. The molecule has 0 saturated heterocycles. The number of aliphatic carboxylic acids is 1. The molecule has 5 nitrogen and oxygen atoms in total. The maximum Gasteiger partial charge on any atom is 0.319 e. The van der Waals surface area contributed by atoms with E-state index in [-0.39, 0.29) is 0 Å². The van der Waals surface area contributed by atoms with E-state index >= 15 is 0 Å². The van der Waals surface area contributed by atoms with Gasteiger partial charge < -0.3 is 15.7 Å². The molecular formula is C14H18Cl2N2O3. The summed E-state index contributed by atoms with van der Waals surface area (Å²) in [5.74, 6) is -0.998. The van der Waals surface area contributed by atoms with Gasteiger partial charge in [0, 0.05) is 5.69 Å². The van der Waals surface area contributed by atoms with E-state index < -0.39 is 23.0 Å². The van der Waals surface area contributed by atoms with Crippen LogP contribution in [0, 0.1) is 5.41 Å². The van der Waals surface area contributed by atoms with Crippen LogP contribution in [0.3, 0.4) is 0 Å². The largest absolute Gasteiger partial charge is 0.481 e. The summed E-state index contributed by atoms with van der Waals surface area (Å²) in [5, 5.41) is 15.2. The van der Waals surface area contributed by atoms with Gasteiger partial charge in [0.15, 0.2) is 0 Å². The lowest BCUT2D eigenvalue weighted by Crippen LogP contribution is -2.57. The monoisotopic (exact) mass is 332 g/mol. The van der Waals surface area contributed by atoms with Crippen LogP contribution in [0.25, 0.3) is 0 Å². The highest BCUT2D eigenvalue weighted by atomic mass is 35.5. The molecule has 0 unspecified atom stereocenters. The molecule has 0 aliphatic rings. The van der Waals surface area contributed by atoms with Crippen molar-refractivity contribution in [3.63, 3.8) is 0 Å². The van der Waals surface area contributed by atoms with Crippen molar-refractivity contribution >= 4 is 40.9 Å². The zero-order chi connectivity index (χ0) is 16.4. The maximum absolute atomic E-state index is 12.0. The summed E-state index contributed by atoms with van der Waals surface area (Å²) in [4.78, 5) is 23.3. The Morgan fingerprint density at radius 2 is 1.67 bits per heavy atom. The second-order valence-electron chi connectivity index (χ2n) is 5.76. The smallest absolute Gasteiger partial charge is 0.319 e. The number of carbonyl (C=O) groups excluding carboxylic acids is 1. The lowest BCUT2D eigenvalue weighted by molar-refractivity contribution is -0.150. The number of urea groups is 1. The molecule has 7 heteroatoms. The Hall–Kier alpha value is -1.46. The minimum atomic E-state index is -1.14. The molecule has 0 saturated carbocycles. The minimum Gasteiger partial charge on any atom is -0.481 e. The van der Waals surface area contributed by atoms with E-state index in [0.717, 1.165) is 0 Å². The summed E-state index contributed by atoms with van der Waals surface area (Å²) in [5.41, 5.74) is -1.63. The lowest BCUT2D eigenvalue weighted by atomic mass is 9.74. The Kier molecular flexibility index (Phi) is 5.12. The van der Waals surface area contributed by atoms with Gasteiger partial charge in [-0.2, -0.15) is 0 Å². The highest BCUT2D eigenvalue weighted by Gasteiger charge is 2.44. The number of hydrogen-bond acceptors (Lipinski definition) is 2. The van der Waals surface area contributed by atoms with Crippen LogP contribution in [0.2, 0.25) is 10.0 Å². The van der Waals surface area contributed by atoms with Crippen molar-refractivity contribution in [2.24, 2.45) is 5.41 Å². The molecule has 2 amide bonds. The summed E-state index contributed by atoms with van der Waals surface area (Å²) in [7, 11) is 0. The van der Waals surface area contributed by atoms with E-state index in [2.05, 4.69) is 10.6 Å². The first kappa shape index (κ1) is 17.6. The van der Waals surface area contributed by atoms with Gasteiger partial charge in [0.2, 0.25) is 0 Å². The van der Waals surface area contributed by atoms with Crippen LogP contribution in [0.15, 0.2) is 18.2 Å². The van der Waals surface area contributed by atoms with E-state index in [9.17, 15) is 14.7 Å². The van der Waals surface area contributed by atoms with Crippen LogP contribution in [-0.4, -0.2) is 22.6 Å². The van der Waals surface area contributed by atoms with E-state index in [4.69, 9.17) is 23.2 Å². The Bertz CT molecular complexity index is 571.